The van der Waals surface area contributed by atoms with Gasteiger partial charge in [-0.05, 0) is 26.7 Å². The van der Waals surface area contributed by atoms with Gasteiger partial charge in [0, 0.05) is 7.11 Å². The number of ether oxygens (including phenoxy) is 1. The molecule has 1 aliphatic carbocycles. The Kier molecular flexibility index (Phi) is 3.41. The summed E-state index contributed by atoms with van der Waals surface area (Å²) in [7, 11) is 1.53. The second-order valence-corrected chi connectivity index (χ2v) is 4.82. The van der Waals surface area contributed by atoms with Crippen molar-refractivity contribution in [2.45, 2.75) is 51.2 Å². The fourth-order valence-corrected chi connectivity index (χ4v) is 2.34. The van der Waals surface area contributed by atoms with E-state index in [1.54, 1.807) is 13.8 Å². The number of carboxylic acids is 1. The lowest BCUT2D eigenvalue weighted by Gasteiger charge is -2.47. The number of carbonyl (C=O) groups is 1. The Morgan fingerprint density at radius 1 is 1.47 bits per heavy atom. The van der Waals surface area contributed by atoms with E-state index >= 15 is 0 Å². The van der Waals surface area contributed by atoms with Gasteiger partial charge < -0.3 is 14.9 Å². The molecule has 1 fully saturated rings. The van der Waals surface area contributed by atoms with Crippen LogP contribution < -0.4 is 0 Å². The Morgan fingerprint density at radius 3 is 2.53 bits per heavy atom. The van der Waals surface area contributed by atoms with Gasteiger partial charge in [0.25, 0.3) is 0 Å². The Balaban J connectivity index is 3.00. The zero-order valence-corrected chi connectivity index (χ0v) is 9.62. The molecule has 1 saturated carbocycles. The van der Waals surface area contributed by atoms with Crippen LogP contribution in [-0.4, -0.2) is 35.0 Å². The molecule has 0 spiro atoms. The van der Waals surface area contributed by atoms with Gasteiger partial charge in [0.05, 0.1) is 11.5 Å². The third-order valence-electron chi connectivity index (χ3n) is 3.71. The van der Waals surface area contributed by atoms with Crippen LogP contribution in [0.3, 0.4) is 0 Å². The van der Waals surface area contributed by atoms with Crippen LogP contribution in [0.2, 0.25) is 0 Å². The molecular formula is C11H20O4. The molecule has 88 valence electrons. The highest BCUT2D eigenvalue weighted by atomic mass is 16.5. The van der Waals surface area contributed by atoms with Crippen LogP contribution in [0.15, 0.2) is 0 Å². The van der Waals surface area contributed by atoms with Crippen LogP contribution in [0.4, 0.5) is 0 Å². The largest absolute Gasteiger partial charge is 0.481 e. The molecule has 4 nitrogen and oxygen atoms in total. The predicted octanol–water partition coefficient (Wildman–Crippen LogP) is 1.42. The summed E-state index contributed by atoms with van der Waals surface area (Å²) >= 11 is 0. The van der Waals surface area contributed by atoms with Gasteiger partial charge in [-0.15, -0.1) is 0 Å². The second kappa shape index (κ2) is 4.10. The van der Waals surface area contributed by atoms with E-state index in [2.05, 4.69) is 0 Å². The Bertz CT molecular complexity index is 249. The highest BCUT2D eigenvalue weighted by molar-refractivity contribution is 5.75. The number of hydrogen-bond donors (Lipinski definition) is 2. The van der Waals surface area contributed by atoms with Gasteiger partial charge in [0.1, 0.15) is 5.60 Å². The summed E-state index contributed by atoms with van der Waals surface area (Å²) in [5, 5.41) is 19.7. The smallest absolute Gasteiger partial charge is 0.312 e. The minimum atomic E-state index is -1.26. The topological polar surface area (TPSA) is 66.8 Å². The molecule has 2 N–H and O–H groups in total. The van der Waals surface area contributed by atoms with Gasteiger partial charge in [-0.2, -0.15) is 0 Å². The lowest BCUT2D eigenvalue weighted by Crippen LogP contribution is -2.59. The highest BCUT2D eigenvalue weighted by Crippen LogP contribution is 2.43. The first-order chi connectivity index (χ1) is 6.86. The van der Waals surface area contributed by atoms with Crippen molar-refractivity contribution in [3.05, 3.63) is 0 Å². The fraction of sp³-hybridized carbons (Fsp3) is 0.909. The van der Waals surface area contributed by atoms with E-state index in [0.717, 1.165) is 19.3 Å². The maximum Gasteiger partial charge on any atom is 0.312 e. The van der Waals surface area contributed by atoms with E-state index in [-0.39, 0.29) is 6.10 Å². The maximum absolute atomic E-state index is 11.2. The van der Waals surface area contributed by atoms with Crippen molar-refractivity contribution in [3.63, 3.8) is 0 Å². The highest BCUT2D eigenvalue weighted by Gasteiger charge is 2.54. The van der Waals surface area contributed by atoms with E-state index in [1.807, 2.05) is 0 Å². The molecule has 1 rings (SSSR count). The van der Waals surface area contributed by atoms with Crippen LogP contribution in [0, 0.1) is 5.41 Å². The molecule has 0 aromatic heterocycles. The first-order valence-corrected chi connectivity index (χ1v) is 5.35. The molecule has 1 aliphatic rings. The van der Waals surface area contributed by atoms with Gasteiger partial charge in [-0.3, -0.25) is 4.79 Å². The normalized spacial score (nSPS) is 32.7. The molecule has 2 atom stereocenters. The summed E-state index contributed by atoms with van der Waals surface area (Å²) in [5.41, 5.74) is -2.43. The lowest BCUT2D eigenvalue weighted by molar-refractivity contribution is -0.197. The van der Waals surface area contributed by atoms with Crippen molar-refractivity contribution in [1.82, 2.24) is 0 Å². The zero-order valence-electron chi connectivity index (χ0n) is 9.62. The number of rotatable bonds is 3. The number of aliphatic carboxylic acids is 1. The molecular weight excluding hydrogens is 196 g/mol. The van der Waals surface area contributed by atoms with Gasteiger partial charge in [-0.25, -0.2) is 0 Å². The Hall–Kier alpha value is -0.610. The van der Waals surface area contributed by atoms with E-state index in [9.17, 15) is 9.90 Å². The summed E-state index contributed by atoms with van der Waals surface area (Å²) in [6.07, 6.45) is 2.68. The van der Waals surface area contributed by atoms with Crippen LogP contribution in [0.1, 0.15) is 39.5 Å². The van der Waals surface area contributed by atoms with Crippen LogP contribution in [0.5, 0.6) is 0 Å². The quantitative estimate of drug-likeness (QED) is 0.748. The third-order valence-corrected chi connectivity index (χ3v) is 3.71. The van der Waals surface area contributed by atoms with E-state index in [0.29, 0.717) is 6.42 Å². The van der Waals surface area contributed by atoms with Crippen molar-refractivity contribution >= 4 is 5.97 Å². The summed E-state index contributed by atoms with van der Waals surface area (Å²) in [5.74, 6) is -0.978. The van der Waals surface area contributed by atoms with Crippen molar-refractivity contribution in [1.29, 1.82) is 0 Å². The van der Waals surface area contributed by atoms with Gasteiger partial charge in [0.15, 0.2) is 0 Å². The molecule has 0 aliphatic heterocycles. The molecule has 0 amide bonds. The first kappa shape index (κ1) is 12.5. The minimum Gasteiger partial charge on any atom is -0.481 e. The summed E-state index contributed by atoms with van der Waals surface area (Å²) in [4.78, 5) is 11.2. The first-order valence-electron chi connectivity index (χ1n) is 5.35. The molecule has 2 unspecified atom stereocenters. The number of carboxylic acid groups (broad SMARTS) is 1. The van der Waals surface area contributed by atoms with Crippen LogP contribution >= 0.6 is 0 Å². The Morgan fingerprint density at radius 2 is 2.07 bits per heavy atom. The van der Waals surface area contributed by atoms with E-state index in [1.165, 1.54) is 7.11 Å². The molecule has 0 saturated heterocycles. The summed E-state index contributed by atoms with van der Waals surface area (Å²) in [6.45, 7) is 3.12. The molecule has 0 heterocycles. The van der Waals surface area contributed by atoms with Crippen LogP contribution in [0.25, 0.3) is 0 Å². The van der Waals surface area contributed by atoms with Crippen molar-refractivity contribution < 1.29 is 19.7 Å². The summed E-state index contributed by atoms with van der Waals surface area (Å²) < 4.78 is 5.23. The average molecular weight is 216 g/mol. The SMILES string of the molecule is COC1CCCCC1(O)C(C)(C)C(=O)O. The Labute approximate surface area is 90.2 Å². The molecule has 0 radical (unpaired) electrons. The summed E-state index contributed by atoms with van der Waals surface area (Å²) in [6, 6.07) is 0. The van der Waals surface area contributed by atoms with E-state index in [4.69, 9.17) is 9.84 Å². The maximum atomic E-state index is 11.2. The molecule has 0 aromatic rings. The van der Waals surface area contributed by atoms with Crippen LogP contribution in [-0.2, 0) is 9.53 Å². The standard InChI is InChI=1S/C11H20O4/c1-10(2,9(12)13)11(14)7-5-4-6-8(11)15-3/h8,14H,4-7H2,1-3H3,(H,12,13). The monoisotopic (exact) mass is 216 g/mol. The molecule has 0 aromatic carbocycles. The van der Waals surface area contributed by atoms with E-state index < -0.39 is 17.0 Å². The van der Waals surface area contributed by atoms with Crippen molar-refractivity contribution in [3.8, 4) is 0 Å². The zero-order chi connectivity index (χ0) is 11.7. The molecule has 15 heavy (non-hydrogen) atoms. The minimum absolute atomic E-state index is 0.377. The number of methoxy groups -OCH3 is 1. The number of aliphatic hydroxyl groups is 1. The van der Waals surface area contributed by atoms with Gasteiger partial charge in [0.2, 0.25) is 0 Å². The third kappa shape index (κ3) is 1.88. The number of hydrogen-bond acceptors (Lipinski definition) is 3. The molecule has 4 heteroatoms. The lowest BCUT2D eigenvalue weighted by atomic mass is 9.65. The molecule has 0 bridgehead atoms. The van der Waals surface area contributed by atoms with Crippen molar-refractivity contribution in [2.24, 2.45) is 5.41 Å². The average Bonchev–Trinajstić information content (AvgIpc) is 2.18. The van der Waals surface area contributed by atoms with Gasteiger partial charge >= 0.3 is 5.97 Å². The fourth-order valence-electron chi connectivity index (χ4n) is 2.34. The second-order valence-electron chi connectivity index (χ2n) is 4.82. The van der Waals surface area contributed by atoms with Crippen molar-refractivity contribution in [2.75, 3.05) is 7.11 Å². The predicted molar refractivity (Wildman–Crippen MR) is 55.6 cm³/mol. The van der Waals surface area contributed by atoms with Gasteiger partial charge in [-0.1, -0.05) is 12.8 Å².